The maximum absolute atomic E-state index is 12.6. The molecule has 2 fully saturated rings. The van der Waals surface area contributed by atoms with Crippen molar-refractivity contribution < 1.29 is 14.3 Å². The highest BCUT2D eigenvalue weighted by atomic mass is 32.2. The fraction of sp³-hybridized carbons (Fsp3) is 0.333. The number of thioether (sulfide) groups is 1. The van der Waals surface area contributed by atoms with Crippen molar-refractivity contribution >= 4 is 51.7 Å². The van der Waals surface area contributed by atoms with Crippen molar-refractivity contribution in [2.24, 2.45) is 0 Å². The summed E-state index contributed by atoms with van der Waals surface area (Å²) in [4.78, 5) is 33.7. The highest BCUT2D eigenvalue weighted by molar-refractivity contribution is 8.00. The van der Waals surface area contributed by atoms with Gasteiger partial charge in [-0.15, -0.1) is 11.8 Å². The van der Waals surface area contributed by atoms with Crippen LogP contribution in [0.2, 0.25) is 0 Å². The van der Waals surface area contributed by atoms with E-state index in [0.29, 0.717) is 30.4 Å². The number of piperidine rings is 1. The van der Waals surface area contributed by atoms with E-state index in [-0.39, 0.29) is 18.1 Å². The van der Waals surface area contributed by atoms with Crippen molar-refractivity contribution in [2.75, 3.05) is 47.0 Å². The van der Waals surface area contributed by atoms with Crippen LogP contribution in [0.15, 0.2) is 53.6 Å². The first-order valence-corrected chi connectivity index (χ1v) is 13.4. The third kappa shape index (κ3) is 4.80. The molecule has 37 heavy (non-hydrogen) atoms. The summed E-state index contributed by atoms with van der Waals surface area (Å²) in [5, 5.41) is 16.8. The van der Waals surface area contributed by atoms with Crippen LogP contribution in [0.25, 0.3) is 10.9 Å². The molecule has 188 valence electrons. The number of ether oxygens (including phenoxy) is 1. The summed E-state index contributed by atoms with van der Waals surface area (Å²) < 4.78 is 5.63. The van der Waals surface area contributed by atoms with Gasteiger partial charge in [-0.05, 0) is 55.3 Å². The third-order valence-corrected chi connectivity index (χ3v) is 8.17. The van der Waals surface area contributed by atoms with Crippen LogP contribution in [0, 0.1) is 11.3 Å². The number of hydrogen-bond acceptors (Lipinski definition) is 8. The molecule has 0 saturated carbocycles. The molecule has 10 heteroatoms. The van der Waals surface area contributed by atoms with Gasteiger partial charge < -0.3 is 20.3 Å². The van der Waals surface area contributed by atoms with Gasteiger partial charge in [0.1, 0.15) is 6.10 Å². The minimum absolute atomic E-state index is 0.0317. The number of benzene rings is 2. The van der Waals surface area contributed by atoms with Crippen LogP contribution in [-0.2, 0) is 9.53 Å². The van der Waals surface area contributed by atoms with Crippen LogP contribution in [0.3, 0.4) is 0 Å². The van der Waals surface area contributed by atoms with E-state index < -0.39 is 0 Å². The number of hydrogen-bond donors (Lipinski definition) is 2. The second-order valence-corrected chi connectivity index (χ2v) is 10.5. The van der Waals surface area contributed by atoms with Crippen LogP contribution in [0.5, 0.6) is 0 Å². The lowest BCUT2D eigenvalue weighted by Crippen LogP contribution is -2.45. The lowest BCUT2D eigenvalue weighted by atomic mass is 10.0. The summed E-state index contributed by atoms with van der Waals surface area (Å²) in [6.07, 6.45) is 3.16. The van der Waals surface area contributed by atoms with E-state index in [1.54, 1.807) is 11.0 Å². The highest BCUT2D eigenvalue weighted by Gasteiger charge is 2.33. The van der Waals surface area contributed by atoms with E-state index in [0.717, 1.165) is 58.8 Å². The zero-order valence-electron chi connectivity index (χ0n) is 20.1. The van der Waals surface area contributed by atoms with E-state index in [4.69, 9.17) is 4.74 Å². The van der Waals surface area contributed by atoms with E-state index >= 15 is 0 Å². The summed E-state index contributed by atoms with van der Waals surface area (Å²) in [5.74, 6) is 0.377. The van der Waals surface area contributed by atoms with E-state index in [9.17, 15) is 14.9 Å². The van der Waals surface area contributed by atoms with Crippen molar-refractivity contribution in [3.63, 3.8) is 0 Å². The van der Waals surface area contributed by atoms with Gasteiger partial charge in [-0.1, -0.05) is 0 Å². The second kappa shape index (κ2) is 9.92. The van der Waals surface area contributed by atoms with Gasteiger partial charge in [-0.25, -0.2) is 4.79 Å². The van der Waals surface area contributed by atoms with Gasteiger partial charge in [0.15, 0.2) is 0 Å². The number of carbonyl (C=O) groups excluding carboxylic acids is 2. The van der Waals surface area contributed by atoms with Crippen molar-refractivity contribution in [3.8, 4) is 6.07 Å². The Morgan fingerprint density at radius 2 is 2.03 bits per heavy atom. The topological polar surface area (TPSA) is 111 Å². The molecular weight excluding hydrogens is 488 g/mol. The molecule has 2 aromatic carbocycles. The molecule has 0 radical (unpaired) electrons. The number of carbonyl (C=O) groups is 2. The largest absolute Gasteiger partial charge is 0.443 e. The van der Waals surface area contributed by atoms with Gasteiger partial charge in [-0.2, -0.15) is 5.26 Å². The van der Waals surface area contributed by atoms with Crippen LogP contribution in [0.4, 0.5) is 21.9 Å². The zero-order chi connectivity index (χ0) is 25.4. The molecular formula is C27H26N6O3S. The Kier molecular flexibility index (Phi) is 6.32. The first-order chi connectivity index (χ1) is 18.1. The number of amides is 2. The fourth-order valence-electron chi connectivity index (χ4n) is 5.18. The number of pyridine rings is 1. The van der Waals surface area contributed by atoms with Gasteiger partial charge in [0.2, 0.25) is 5.91 Å². The summed E-state index contributed by atoms with van der Waals surface area (Å²) in [5.41, 5.74) is 4.11. The Balaban J connectivity index is 1.04. The molecule has 4 heterocycles. The Morgan fingerprint density at radius 1 is 1.16 bits per heavy atom. The van der Waals surface area contributed by atoms with Crippen LogP contribution < -0.4 is 20.4 Å². The first kappa shape index (κ1) is 23.6. The molecule has 6 rings (SSSR count). The molecule has 0 bridgehead atoms. The van der Waals surface area contributed by atoms with Gasteiger partial charge >= 0.3 is 6.09 Å². The second-order valence-electron chi connectivity index (χ2n) is 9.48. The summed E-state index contributed by atoms with van der Waals surface area (Å²) in [7, 11) is 0. The minimum atomic E-state index is -0.363. The molecule has 3 aromatic rings. The average molecular weight is 515 g/mol. The van der Waals surface area contributed by atoms with Gasteiger partial charge in [0.25, 0.3) is 0 Å². The molecule has 9 nitrogen and oxygen atoms in total. The number of nitriles is 1. The number of fused-ring (bicyclic) bond motifs is 2. The number of nitrogens with zero attached hydrogens (tertiary/aromatic N) is 4. The predicted molar refractivity (Wildman–Crippen MR) is 143 cm³/mol. The predicted octanol–water partition coefficient (Wildman–Crippen LogP) is 3.73. The number of aromatic nitrogens is 1. The van der Waals surface area contributed by atoms with Crippen molar-refractivity contribution in [1.82, 2.24) is 10.3 Å². The van der Waals surface area contributed by atoms with Crippen molar-refractivity contribution in [3.05, 3.63) is 54.2 Å². The number of anilines is 3. The zero-order valence-corrected chi connectivity index (χ0v) is 21.0. The summed E-state index contributed by atoms with van der Waals surface area (Å²) >= 11 is 1.50. The molecule has 3 aliphatic rings. The smallest absolute Gasteiger partial charge is 0.414 e. The highest BCUT2D eigenvalue weighted by Crippen LogP contribution is 2.35. The third-order valence-electron chi connectivity index (χ3n) is 7.10. The molecule has 2 saturated heterocycles. The van der Waals surface area contributed by atoms with E-state index in [1.165, 1.54) is 11.8 Å². The molecule has 2 N–H and O–H groups in total. The molecule has 1 aromatic heterocycles. The lowest BCUT2D eigenvalue weighted by Gasteiger charge is -2.35. The minimum Gasteiger partial charge on any atom is -0.443 e. The van der Waals surface area contributed by atoms with Crippen LogP contribution in [0.1, 0.15) is 18.4 Å². The maximum Gasteiger partial charge on any atom is 0.414 e. The first-order valence-electron chi connectivity index (χ1n) is 12.4. The Morgan fingerprint density at radius 3 is 2.86 bits per heavy atom. The monoisotopic (exact) mass is 514 g/mol. The molecule has 0 spiro atoms. The number of rotatable bonds is 5. The Hall–Kier alpha value is -3.81. The average Bonchev–Trinajstić information content (AvgIpc) is 3.31. The molecule has 3 aliphatic heterocycles. The lowest BCUT2D eigenvalue weighted by molar-refractivity contribution is -0.113. The van der Waals surface area contributed by atoms with Crippen molar-refractivity contribution in [2.45, 2.75) is 29.9 Å². The van der Waals surface area contributed by atoms with Crippen molar-refractivity contribution in [1.29, 1.82) is 5.26 Å². The summed E-state index contributed by atoms with van der Waals surface area (Å²) in [6.45, 7) is 2.84. The van der Waals surface area contributed by atoms with Crippen LogP contribution >= 0.6 is 11.8 Å². The molecule has 1 atom stereocenters. The normalized spacial score (nSPS) is 19.9. The molecule has 0 unspecified atom stereocenters. The number of nitrogens with one attached hydrogen (secondary N) is 2. The van der Waals surface area contributed by atoms with Gasteiger partial charge in [-0.3, -0.25) is 14.7 Å². The molecule has 2 amide bonds. The Labute approximate surface area is 218 Å². The van der Waals surface area contributed by atoms with E-state index in [2.05, 4.69) is 26.6 Å². The maximum atomic E-state index is 12.6. The Bertz CT molecular complexity index is 1420. The fourth-order valence-corrected chi connectivity index (χ4v) is 5.97. The van der Waals surface area contributed by atoms with Gasteiger partial charge in [0, 0.05) is 53.5 Å². The van der Waals surface area contributed by atoms with E-state index in [1.807, 2.05) is 42.6 Å². The number of cyclic esters (lactones) is 1. The van der Waals surface area contributed by atoms with Crippen LogP contribution in [-0.4, -0.2) is 61.1 Å². The molecule has 0 aliphatic carbocycles. The standard InChI is InChI=1S/C27H26N6O3S/c28-13-17-1-3-22-21(11-17)24(5-8-29-22)32-9-6-18(7-10-32)30-14-20-15-33(27(35)36-20)19-2-4-25-23(12-19)31-26(34)16-37-25/h1-5,8,11-12,18,20,30H,6-7,9-10,14-16H2,(H,31,34)/t20-/m1/s1. The summed E-state index contributed by atoms with van der Waals surface area (Å²) in [6, 6.07) is 15.9. The quantitative estimate of drug-likeness (QED) is 0.530. The SMILES string of the molecule is N#Cc1ccc2nccc(N3CCC(NC[C@@H]4CN(c5ccc6c(c5)NC(=O)CS6)C(=O)O4)CC3)c2c1. The van der Waals surface area contributed by atoms with Gasteiger partial charge in [0.05, 0.1) is 35.1 Å².